The van der Waals surface area contributed by atoms with Crippen LogP contribution in [-0.2, 0) is 11.3 Å². The third-order valence-electron chi connectivity index (χ3n) is 5.47. The van der Waals surface area contributed by atoms with Gasteiger partial charge < -0.3 is 5.32 Å². The Labute approximate surface area is 194 Å². The van der Waals surface area contributed by atoms with Crippen LogP contribution in [0.25, 0.3) is 5.69 Å². The van der Waals surface area contributed by atoms with E-state index in [0.29, 0.717) is 11.7 Å². The molecule has 1 fully saturated rings. The molecule has 1 N–H and O–H groups in total. The van der Waals surface area contributed by atoms with E-state index in [1.54, 1.807) is 6.92 Å². The Morgan fingerprint density at radius 1 is 1.03 bits per heavy atom. The maximum atomic E-state index is 14.0. The molecule has 10 heteroatoms. The van der Waals surface area contributed by atoms with Crippen molar-refractivity contribution in [1.82, 2.24) is 19.7 Å². The van der Waals surface area contributed by atoms with E-state index in [-0.39, 0.29) is 0 Å². The van der Waals surface area contributed by atoms with Gasteiger partial charge in [0.2, 0.25) is 5.91 Å². The van der Waals surface area contributed by atoms with E-state index in [0.717, 1.165) is 61.3 Å². The van der Waals surface area contributed by atoms with Gasteiger partial charge in [-0.15, -0.1) is 10.2 Å². The lowest BCUT2D eigenvalue weighted by atomic mass is 10.1. The number of hydrogen-bond donors (Lipinski definition) is 1. The summed E-state index contributed by atoms with van der Waals surface area (Å²) in [7, 11) is 0. The van der Waals surface area contributed by atoms with Crippen molar-refractivity contribution >= 4 is 23.4 Å². The average Bonchev–Trinajstić information content (AvgIpc) is 3.22. The van der Waals surface area contributed by atoms with Gasteiger partial charge in [-0.25, -0.2) is 13.2 Å². The zero-order valence-electron chi connectivity index (χ0n) is 18.1. The number of para-hydroxylation sites is 1. The minimum absolute atomic E-state index is 0.415. The van der Waals surface area contributed by atoms with Crippen molar-refractivity contribution in [3.05, 3.63) is 65.7 Å². The van der Waals surface area contributed by atoms with Crippen LogP contribution in [0.4, 0.5) is 18.9 Å². The molecule has 6 nitrogen and oxygen atoms in total. The molecule has 0 bridgehead atoms. The van der Waals surface area contributed by atoms with Gasteiger partial charge in [-0.3, -0.25) is 14.3 Å². The first-order chi connectivity index (χ1) is 15.9. The minimum Gasteiger partial charge on any atom is -0.323 e. The van der Waals surface area contributed by atoms with Gasteiger partial charge in [-0.05, 0) is 57.1 Å². The Morgan fingerprint density at radius 3 is 2.48 bits per heavy atom. The smallest absolute Gasteiger partial charge is 0.237 e. The number of nitrogens with one attached hydrogen (secondary N) is 1. The molecule has 1 aliphatic rings. The molecule has 0 unspecified atom stereocenters. The van der Waals surface area contributed by atoms with Crippen molar-refractivity contribution in [1.29, 1.82) is 0 Å². The predicted octanol–water partition coefficient (Wildman–Crippen LogP) is 4.79. The number of anilines is 1. The van der Waals surface area contributed by atoms with E-state index in [4.69, 9.17) is 0 Å². The third-order valence-corrected chi connectivity index (χ3v) is 6.52. The van der Waals surface area contributed by atoms with E-state index < -0.39 is 34.3 Å². The maximum Gasteiger partial charge on any atom is 0.237 e. The lowest BCUT2D eigenvalue weighted by Crippen LogP contribution is -2.30. The fourth-order valence-electron chi connectivity index (χ4n) is 3.70. The summed E-state index contributed by atoms with van der Waals surface area (Å²) in [6.45, 7) is 4.28. The Hall–Kier alpha value is -2.85. The summed E-state index contributed by atoms with van der Waals surface area (Å²) in [4.78, 5) is 15.0. The number of piperidine rings is 1. The fraction of sp³-hybridized carbons (Fsp3) is 0.348. The first kappa shape index (κ1) is 23.3. The van der Waals surface area contributed by atoms with E-state index in [9.17, 15) is 18.0 Å². The highest BCUT2D eigenvalue weighted by atomic mass is 32.2. The normalized spacial score (nSPS) is 15.4. The standard InChI is InChI=1S/C23H24F3N5OS/c1-15(22(32)27-18-11-10-17(24)20(25)21(18)26)33-23-29-28-19(14-30-12-6-3-7-13-30)31(23)16-8-4-2-5-9-16/h2,4-5,8-11,15H,3,6-7,12-14H2,1H3,(H,27,32)/t15-/m1/s1. The van der Waals surface area contributed by atoms with E-state index >= 15 is 0 Å². The van der Waals surface area contributed by atoms with E-state index in [2.05, 4.69) is 20.4 Å². The summed E-state index contributed by atoms with van der Waals surface area (Å²) in [5, 5.41) is 10.8. The molecule has 0 saturated carbocycles. The van der Waals surface area contributed by atoms with E-state index in [1.165, 1.54) is 6.42 Å². The van der Waals surface area contributed by atoms with Crippen LogP contribution < -0.4 is 5.32 Å². The zero-order valence-corrected chi connectivity index (χ0v) is 18.9. The van der Waals surface area contributed by atoms with Crippen LogP contribution in [0.15, 0.2) is 47.6 Å². The van der Waals surface area contributed by atoms with Crippen molar-refractivity contribution in [2.24, 2.45) is 0 Å². The van der Waals surface area contributed by atoms with Gasteiger partial charge in [-0.1, -0.05) is 36.4 Å². The molecule has 2 aromatic carbocycles. The number of hydrogen-bond acceptors (Lipinski definition) is 5. The molecule has 0 radical (unpaired) electrons. The van der Waals surface area contributed by atoms with Crippen molar-refractivity contribution in [3.8, 4) is 5.69 Å². The Morgan fingerprint density at radius 2 is 1.76 bits per heavy atom. The van der Waals surface area contributed by atoms with Crippen molar-refractivity contribution < 1.29 is 18.0 Å². The lowest BCUT2D eigenvalue weighted by molar-refractivity contribution is -0.115. The highest BCUT2D eigenvalue weighted by Crippen LogP contribution is 2.28. The van der Waals surface area contributed by atoms with Gasteiger partial charge in [0, 0.05) is 5.69 Å². The number of carbonyl (C=O) groups is 1. The van der Waals surface area contributed by atoms with Crippen LogP contribution in [-0.4, -0.2) is 43.9 Å². The number of benzene rings is 2. The molecule has 1 amide bonds. The van der Waals surface area contributed by atoms with Crippen LogP contribution in [0.1, 0.15) is 32.0 Å². The molecule has 33 heavy (non-hydrogen) atoms. The first-order valence-corrected chi connectivity index (χ1v) is 11.6. The SMILES string of the molecule is C[C@@H](Sc1nnc(CN2CCCCC2)n1-c1ccccc1)C(=O)Nc1ccc(F)c(F)c1F. The molecule has 3 aromatic rings. The maximum absolute atomic E-state index is 14.0. The zero-order chi connectivity index (χ0) is 23.4. The number of aromatic nitrogens is 3. The average molecular weight is 476 g/mol. The third kappa shape index (κ3) is 5.39. The summed E-state index contributed by atoms with van der Waals surface area (Å²) in [6.07, 6.45) is 3.53. The van der Waals surface area contributed by atoms with Gasteiger partial charge in [0.05, 0.1) is 17.5 Å². The number of halogens is 3. The number of amides is 1. The monoisotopic (exact) mass is 475 g/mol. The molecule has 0 spiro atoms. The topological polar surface area (TPSA) is 63.1 Å². The highest BCUT2D eigenvalue weighted by Gasteiger charge is 2.24. The number of rotatable bonds is 7. The second-order valence-electron chi connectivity index (χ2n) is 7.88. The summed E-state index contributed by atoms with van der Waals surface area (Å²) in [6, 6.07) is 11.4. The molecule has 1 saturated heterocycles. The van der Waals surface area contributed by atoms with Crippen LogP contribution in [0.2, 0.25) is 0 Å². The van der Waals surface area contributed by atoms with Crippen molar-refractivity contribution in [2.45, 2.75) is 43.1 Å². The Bertz CT molecular complexity index is 1120. The molecular formula is C23H24F3N5OS. The Balaban J connectivity index is 1.54. The molecule has 4 rings (SSSR count). The minimum atomic E-state index is -1.63. The lowest BCUT2D eigenvalue weighted by Gasteiger charge is -2.26. The van der Waals surface area contributed by atoms with Crippen molar-refractivity contribution in [2.75, 3.05) is 18.4 Å². The number of thioether (sulfide) groups is 1. The molecule has 1 aliphatic heterocycles. The van der Waals surface area contributed by atoms with Crippen LogP contribution in [0, 0.1) is 17.5 Å². The highest BCUT2D eigenvalue weighted by molar-refractivity contribution is 8.00. The molecule has 2 heterocycles. The van der Waals surface area contributed by atoms with Crippen molar-refractivity contribution in [3.63, 3.8) is 0 Å². The summed E-state index contributed by atoms with van der Waals surface area (Å²) in [5.41, 5.74) is 0.456. The largest absolute Gasteiger partial charge is 0.323 e. The quantitative estimate of drug-likeness (QED) is 0.393. The van der Waals surface area contributed by atoms with Gasteiger partial charge in [0.25, 0.3) is 0 Å². The van der Waals surface area contributed by atoms with Gasteiger partial charge >= 0.3 is 0 Å². The van der Waals surface area contributed by atoms with E-state index in [1.807, 2.05) is 34.9 Å². The number of carbonyl (C=O) groups excluding carboxylic acids is 1. The summed E-state index contributed by atoms with van der Waals surface area (Å²) < 4.78 is 42.5. The number of nitrogens with zero attached hydrogens (tertiary/aromatic N) is 4. The van der Waals surface area contributed by atoms with Crippen LogP contribution in [0.5, 0.6) is 0 Å². The summed E-state index contributed by atoms with van der Waals surface area (Å²) in [5.74, 6) is -4.17. The fourth-order valence-corrected chi connectivity index (χ4v) is 4.59. The molecule has 174 valence electrons. The van der Waals surface area contributed by atoms with Crippen LogP contribution >= 0.6 is 11.8 Å². The number of likely N-dealkylation sites (tertiary alicyclic amines) is 1. The van der Waals surface area contributed by atoms with Gasteiger partial charge in [-0.2, -0.15) is 0 Å². The molecular weight excluding hydrogens is 451 g/mol. The molecule has 1 aromatic heterocycles. The predicted molar refractivity (Wildman–Crippen MR) is 121 cm³/mol. The van der Waals surface area contributed by atoms with Crippen LogP contribution in [0.3, 0.4) is 0 Å². The molecule has 1 atom stereocenters. The second kappa shape index (κ2) is 10.4. The Kier molecular flexibility index (Phi) is 7.34. The first-order valence-electron chi connectivity index (χ1n) is 10.8. The van der Waals surface area contributed by atoms with Gasteiger partial charge in [0.15, 0.2) is 28.4 Å². The second-order valence-corrected chi connectivity index (χ2v) is 9.19. The van der Waals surface area contributed by atoms with Gasteiger partial charge in [0.1, 0.15) is 0 Å². The summed E-state index contributed by atoms with van der Waals surface area (Å²) >= 11 is 1.16. The molecule has 0 aliphatic carbocycles.